The molecule has 0 aliphatic heterocycles. The number of nitrogens with two attached hydrogens (primary N) is 1. The molecule has 1 aliphatic carbocycles. The van der Waals surface area contributed by atoms with Gasteiger partial charge in [0, 0.05) is 12.1 Å². The molecule has 2 aromatic heterocycles. The number of anilines is 1. The average molecular weight is 229 g/mol. The molecule has 3 rings (SSSR count). The van der Waals surface area contributed by atoms with Crippen LogP contribution in [0.3, 0.4) is 0 Å². The van der Waals surface area contributed by atoms with Crippen molar-refractivity contribution in [3.63, 3.8) is 0 Å². The first kappa shape index (κ1) is 10.3. The molecule has 1 unspecified atom stereocenters. The summed E-state index contributed by atoms with van der Waals surface area (Å²) in [5.74, 6) is 2.40. The third-order valence-corrected chi connectivity index (χ3v) is 3.41. The second-order valence-corrected chi connectivity index (χ2v) is 4.65. The highest BCUT2D eigenvalue weighted by Gasteiger charge is 2.34. The van der Waals surface area contributed by atoms with E-state index in [2.05, 4.69) is 17.1 Å². The minimum absolute atomic E-state index is 0.372. The van der Waals surface area contributed by atoms with Crippen LogP contribution in [0.25, 0.3) is 11.3 Å². The van der Waals surface area contributed by atoms with Crippen LogP contribution >= 0.6 is 0 Å². The number of aromatic nitrogens is 2. The molecule has 0 saturated heterocycles. The summed E-state index contributed by atoms with van der Waals surface area (Å²) in [5.41, 5.74) is 7.59. The predicted molar refractivity (Wildman–Crippen MR) is 65.3 cm³/mol. The van der Waals surface area contributed by atoms with Gasteiger partial charge in [-0.1, -0.05) is 18.1 Å². The summed E-state index contributed by atoms with van der Waals surface area (Å²) >= 11 is 0. The third kappa shape index (κ3) is 1.79. The van der Waals surface area contributed by atoms with E-state index >= 15 is 0 Å². The number of pyridine rings is 1. The van der Waals surface area contributed by atoms with Gasteiger partial charge in [-0.3, -0.25) is 4.98 Å². The lowest BCUT2D eigenvalue weighted by molar-refractivity contribution is 0.358. The van der Waals surface area contributed by atoms with Crippen molar-refractivity contribution in [2.75, 3.05) is 5.73 Å². The molecule has 0 amide bonds. The fourth-order valence-corrected chi connectivity index (χ4v) is 2.21. The highest BCUT2D eigenvalue weighted by molar-refractivity contribution is 5.73. The van der Waals surface area contributed by atoms with E-state index in [-0.39, 0.29) is 0 Å². The summed E-state index contributed by atoms with van der Waals surface area (Å²) in [5, 5.41) is 3.89. The lowest BCUT2D eigenvalue weighted by atomic mass is 9.98. The maximum absolute atomic E-state index is 5.89. The van der Waals surface area contributed by atoms with Crippen molar-refractivity contribution in [2.24, 2.45) is 5.92 Å². The zero-order valence-electron chi connectivity index (χ0n) is 9.76. The van der Waals surface area contributed by atoms with Crippen LogP contribution in [-0.4, -0.2) is 10.1 Å². The molecule has 4 nitrogen and oxygen atoms in total. The van der Waals surface area contributed by atoms with Crippen molar-refractivity contribution in [3.05, 3.63) is 30.2 Å². The van der Waals surface area contributed by atoms with E-state index in [1.807, 2.05) is 18.2 Å². The van der Waals surface area contributed by atoms with Gasteiger partial charge < -0.3 is 10.3 Å². The first-order valence-corrected chi connectivity index (χ1v) is 5.94. The van der Waals surface area contributed by atoms with E-state index in [1.54, 1.807) is 6.20 Å². The highest BCUT2D eigenvalue weighted by Crippen LogP contribution is 2.45. The Bertz CT molecular complexity index is 517. The molecule has 88 valence electrons. The monoisotopic (exact) mass is 229 g/mol. The second kappa shape index (κ2) is 3.87. The maximum Gasteiger partial charge on any atom is 0.176 e. The molecule has 0 aromatic carbocycles. The summed E-state index contributed by atoms with van der Waals surface area (Å²) in [4.78, 5) is 4.32. The molecule has 2 N–H and O–H groups in total. The van der Waals surface area contributed by atoms with E-state index in [1.165, 1.54) is 12.8 Å². The Morgan fingerprint density at radius 2 is 2.24 bits per heavy atom. The normalized spacial score (nSPS) is 17.0. The van der Waals surface area contributed by atoms with Crippen LogP contribution in [0.15, 0.2) is 28.9 Å². The average Bonchev–Trinajstić information content (AvgIpc) is 3.13. The lowest BCUT2D eigenvalue weighted by Crippen LogP contribution is -1.98. The van der Waals surface area contributed by atoms with Gasteiger partial charge in [-0.2, -0.15) is 0 Å². The van der Waals surface area contributed by atoms with E-state index in [0.29, 0.717) is 17.7 Å². The Kier molecular flexibility index (Phi) is 2.35. The molecule has 2 aromatic rings. The van der Waals surface area contributed by atoms with Gasteiger partial charge in [0.25, 0.3) is 0 Å². The molecule has 0 bridgehead atoms. The molecule has 1 aliphatic rings. The van der Waals surface area contributed by atoms with Crippen LogP contribution in [0.1, 0.15) is 31.4 Å². The van der Waals surface area contributed by atoms with Crippen molar-refractivity contribution in [2.45, 2.75) is 25.7 Å². The third-order valence-electron chi connectivity index (χ3n) is 3.41. The number of rotatable bonds is 3. The molecule has 2 heterocycles. The lowest BCUT2D eigenvalue weighted by Gasteiger charge is -2.07. The Morgan fingerprint density at radius 3 is 2.88 bits per heavy atom. The Morgan fingerprint density at radius 1 is 1.41 bits per heavy atom. The van der Waals surface area contributed by atoms with Gasteiger partial charge in [0.2, 0.25) is 0 Å². The van der Waals surface area contributed by atoms with Crippen molar-refractivity contribution >= 4 is 5.82 Å². The van der Waals surface area contributed by atoms with Gasteiger partial charge in [-0.05, 0) is 30.9 Å². The first-order chi connectivity index (χ1) is 8.27. The molecular weight excluding hydrogens is 214 g/mol. The van der Waals surface area contributed by atoms with E-state index in [9.17, 15) is 0 Å². The number of nitrogen functional groups attached to an aromatic ring is 1. The van der Waals surface area contributed by atoms with Gasteiger partial charge in [-0.25, -0.2) is 0 Å². The van der Waals surface area contributed by atoms with Crippen molar-refractivity contribution in [1.29, 1.82) is 0 Å². The smallest absolute Gasteiger partial charge is 0.176 e. The summed E-state index contributed by atoms with van der Waals surface area (Å²) in [7, 11) is 0. The highest BCUT2D eigenvalue weighted by atomic mass is 16.5. The fourth-order valence-electron chi connectivity index (χ4n) is 2.21. The molecule has 0 radical (unpaired) electrons. The number of nitrogens with zero attached hydrogens (tertiary/aromatic N) is 2. The van der Waals surface area contributed by atoms with Crippen molar-refractivity contribution in [1.82, 2.24) is 10.1 Å². The largest absolute Gasteiger partial charge is 0.380 e. The summed E-state index contributed by atoms with van der Waals surface area (Å²) in [6.07, 6.45) is 4.29. The van der Waals surface area contributed by atoms with Crippen molar-refractivity contribution < 1.29 is 4.52 Å². The SMILES string of the molecule is CC(c1onc(N)c1-c1ccccn1)C1CC1. The second-order valence-electron chi connectivity index (χ2n) is 4.65. The van der Waals surface area contributed by atoms with Gasteiger partial charge in [0.15, 0.2) is 11.6 Å². The summed E-state index contributed by atoms with van der Waals surface area (Å²) < 4.78 is 5.40. The Balaban J connectivity index is 2.06. The minimum atomic E-state index is 0.372. The van der Waals surface area contributed by atoms with Gasteiger partial charge >= 0.3 is 0 Å². The van der Waals surface area contributed by atoms with Crippen LogP contribution < -0.4 is 5.73 Å². The Hall–Kier alpha value is -1.84. The van der Waals surface area contributed by atoms with Crippen molar-refractivity contribution in [3.8, 4) is 11.3 Å². The van der Waals surface area contributed by atoms with Gasteiger partial charge in [0.1, 0.15) is 0 Å². The molecule has 1 atom stereocenters. The first-order valence-electron chi connectivity index (χ1n) is 5.94. The molecule has 4 heteroatoms. The molecule has 1 saturated carbocycles. The van der Waals surface area contributed by atoms with E-state index in [4.69, 9.17) is 10.3 Å². The predicted octanol–water partition coefficient (Wildman–Crippen LogP) is 2.83. The number of hydrogen-bond donors (Lipinski definition) is 1. The van der Waals surface area contributed by atoms with E-state index in [0.717, 1.165) is 17.0 Å². The fraction of sp³-hybridized carbons (Fsp3) is 0.385. The summed E-state index contributed by atoms with van der Waals surface area (Å²) in [6.45, 7) is 2.17. The zero-order valence-corrected chi connectivity index (χ0v) is 9.76. The quantitative estimate of drug-likeness (QED) is 0.878. The van der Waals surface area contributed by atoms with Crippen LogP contribution in [0, 0.1) is 5.92 Å². The topological polar surface area (TPSA) is 64.9 Å². The van der Waals surface area contributed by atoms with Crippen LogP contribution in [-0.2, 0) is 0 Å². The minimum Gasteiger partial charge on any atom is -0.380 e. The van der Waals surface area contributed by atoms with Gasteiger partial charge in [-0.15, -0.1) is 0 Å². The maximum atomic E-state index is 5.89. The molecular formula is C13H15N3O. The van der Waals surface area contributed by atoms with Crippen LogP contribution in [0.5, 0.6) is 0 Å². The number of hydrogen-bond acceptors (Lipinski definition) is 4. The summed E-state index contributed by atoms with van der Waals surface area (Å²) in [6, 6.07) is 5.77. The molecule has 17 heavy (non-hydrogen) atoms. The van der Waals surface area contributed by atoms with E-state index < -0.39 is 0 Å². The molecule has 0 spiro atoms. The zero-order chi connectivity index (χ0) is 11.8. The molecule has 1 fully saturated rings. The standard InChI is InChI=1S/C13H15N3O/c1-8(9-5-6-9)12-11(13(14)16-17-12)10-4-2-3-7-15-10/h2-4,7-9H,5-6H2,1H3,(H2,14,16). The van der Waals surface area contributed by atoms with Crippen LogP contribution in [0.2, 0.25) is 0 Å². The Labute approximate surface area is 99.8 Å². The van der Waals surface area contributed by atoms with Gasteiger partial charge in [0.05, 0.1) is 11.3 Å². The van der Waals surface area contributed by atoms with Crippen LogP contribution in [0.4, 0.5) is 5.82 Å².